The van der Waals surface area contributed by atoms with E-state index in [0.717, 1.165) is 31.9 Å². The lowest BCUT2D eigenvalue weighted by atomic mass is 9.85. The van der Waals surface area contributed by atoms with Gasteiger partial charge in [0.05, 0.1) is 16.6 Å². The molecule has 136 valence electrons. The van der Waals surface area contributed by atoms with Crippen molar-refractivity contribution in [2.75, 3.05) is 6.54 Å². The van der Waals surface area contributed by atoms with Crippen molar-refractivity contribution < 1.29 is 4.79 Å². The van der Waals surface area contributed by atoms with Crippen molar-refractivity contribution in [2.24, 2.45) is 0 Å². The Morgan fingerprint density at radius 3 is 2.93 bits per heavy atom. The van der Waals surface area contributed by atoms with Crippen molar-refractivity contribution in [3.8, 4) is 11.3 Å². The fourth-order valence-electron chi connectivity index (χ4n) is 3.59. The summed E-state index contributed by atoms with van der Waals surface area (Å²) in [5, 5.41) is 0. The predicted octanol–water partition coefficient (Wildman–Crippen LogP) is 4.83. The number of rotatable bonds is 3. The van der Waals surface area contributed by atoms with Crippen LogP contribution in [0.5, 0.6) is 0 Å². The van der Waals surface area contributed by atoms with Crippen LogP contribution in [0.15, 0.2) is 55.3 Å². The van der Waals surface area contributed by atoms with Crippen LogP contribution in [0.3, 0.4) is 0 Å². The molecule has 1 aliphatic rings. The molecule has 1 aromatic carbocycles. The van der Waals surface area contributed by atoms with Crippen LogP contribution in [0.1, 0.15) is 27.7 Å². The Labute approximate surface area is 167 Å². The number of hydrogen-bond donors (Lipinski definition) is 0. The van der Waals surface area contributed by atoms with Crippen LogP contribution in [-0.2, 0) is 11.3 Å². The van der Waals surface area contributed by atoms with Gasteiger partial charge in [-0.3, -0.25) is 4.79 Å². The first kappa shape index (κ1) is 17.9. The first-order chi connectivity index (χ1) is 13.1. The van der Waals surface area contributed by atoms with Crippen molar-refractivity contribution >= 4 is 28.8 Å². The molecule has 0 saturated carbocycles. The quantitative estimate of drug-likeness (QED) is 0.597. The molecule has 4 nitrogen and oxygen atoms in total. The van der Waals surface area contributed by atoms with Crippen LogP contribution in [-0.4, -0.2) is 27.3 Å². The average Bonchev–Trinajstić information content (AvgIpc) is 3.06. The van der Waals surface area contributed by atoms with Crippen LogP contribution >= 0.6 is 22.9 Å². The molecule has 0 bridgehead atoms. The molecule has 0 fully saturated rings. The number of aromatic nitrogens is 2. The Kier molecular flexibility index (Phi) is 4.81. The summed E-state index contributed by atoms with van der Waals surface area (Å²) in [4.78, 5) is 24.1. The van der Waals surface area contributed by atoms with Crippen LogP contribution < -0.4 is 0 Å². The van der Waals surface area contributed by atoms with Crippen LogP contribution in [0.2, 0.25) is 4.34 Å². The second kappa shape index (κ2) is 7.25. The van der Waals surface area contributed by atoms with Gasteiger partial charge in [0.2, 0.25) is 5.91 Å². The number of amides is 1. The van der Waals surface area contributed by atoms with E-state index in [9.17, 15) is 4.79 Å². The predicted molar refractivity (Wildman–Crippen MR) is 109 cm³/mol. The molecule has 0 aliphatic carbocycles. The van der Waals surface area contributed by atoms with E-state index in [1.54, 1.807) is 6.20 Å². The largest absolute Gasteiger partial charge is 0.333 e. The Bertz CT molecular complexity index is 1030. The van der Waals surface area contributed by atoms with E-state index >= 15 is 0 Å². The number of benzene rings is 1. The Balaban J connectivity index is 1.85. The van der Waals surface area contributed by atoms with Gasteiger partial charge in [-0.1, -0.05) is 42.4 Å². The molecular formula is C21H18ClN3OS. The van der Waals surface area contributed by atoms with Crippen molar-refractivity contribution in [2.45, 2.75) is 19.4 Å². The minimum absolute atomic E-state index is 0.0351. The third-order valence-electron chi connectivity index (χ3n) is 4.80. The number of hydrogen-bond acceptors (Lipinski definition) is 4. The molecule has 1 atom stereocenters. The second-order valence-corrected chi connectivity index (χ2v) is 8.25. The summed E-state index contributed by atoms with van der Waals surface area (Å²) < 4.78 is 0.744. The van der Waals surface area contributed by atoms with Gasteiger partial charge in [-0.05, 0) is 36.3 Å². The van der Waals surface area contributed by atoms with E-state index in [4.69, 9.17) is 11.6 Å². The fraction of sp³-hybridized carbons (Fsp3) is 0.190. The highest BCUT2D eigenvalue weighted by Gasteiger charge is 2.31. The number of carbonyl (C=O) groups is 1. The number of fused-ring (bicyclic) bond motifs is 1. The Hall–Kier alpha value is -2.50. The second-order valence-electron chi connectivity index (χ2n) is 6.48. The highest BCUT2D eigenvalue weighted by Crippen LogP contribution is 2.42. The molecule has 6 heteroatoms. The van der Waals surface area contributed by atoms with E-state index in [1.165, 1.54) is 23.0 Å². The highest BCUT2D eigenvalue weighted by atomic mass is 35.5. The summed E-state index contributed by atoms with van der Waals surface area (Å²) in [6.07, 6.45) is 3.15. The maximum Gasteiger partial charge on any atom is 0.246 e. The zero-order valence-corrected chi connectivity index (χ0v) is 16.4. The monoisotopic (exact) mass is 395 g/mol. The van der Waals surface area contributed by atoms with E-state index in [0.29, 0.717) is 13.1 Å². The third kappa shape index (κ3) is 3.40. The number of nitrogens with zero attached hydrogens (tertiary/aromatic N) is 3. The van der Waals surface area contributed by atoms with Gasteiger partial charge in [-0.25, -0.2) is 9.97 Å². The average molecular weight is 396 g/mol. The molecule has 2 aromatic heterocycles. The maximum atomic E-state index is 12.3. The zero-order chi connectivity index (χ0) is 19.0. The molecule has 3 aromatic rings. The van der Waals surface area contributed by atoms with Gasteiger partial charge in [-0.2, -0.15) is 0 Å². The standard InChI is InChI=1S/C21H18ClN3OS/c1-3-21(26)25-11-17(16-10-20(22)27-19(16)12-25)14-6-4-5-7-15(14)18-8-9-23-13(2)24-18/h3-10,17H,1,11-12H2,2H3/t17-/m0/s1. The SMILES string of the molecule is C=CC(=O)N1Cc2sc(Cl)cc2[C@H](c2ccccc2-c2ccnc(C)n2)C1. The van der Waals surface area contributed by atoms with Gasteiger partial charge in [-0.15, -0.1) is 11.3 Å². The number of halogens is 1. The number of carbonyl (C=O) groups excluding carboxylic acids is 1. The van der Waals surface area contributed by atoms with Crippen molar-refractivity contribution in [1.82, 2.24) is 14.9 Å². The molecule has 27 heavy (non-hydrogen) atoms. The van der Waals surface area contributed by atoms with Gasteiger partial charge < -0.3 is 4.90 Å². The first-order valence-electron chi connectivity index (χ1n) is 8.65. The summed E-state index contributed by atoms with van der Waals surface area (Å²) in [7, 11) is 0. The van der Waals surface area contributed by atoms with Gasteiger partial charge in [0.15, 0.2) is 0 Å². The lowest BCUT2D eigenvalue weighted by molar-refractivity contribution is -0.127. The van der Waals surface area contributed by atoms with E-state index in [1.807, 2.05) is 36.1 Å². The normalized spacial score (nSPS) is 16.1. The smallest absolute Gasteiger partial charge is 0.246 e. The Morgan fingerprint density at radius 1 is 1.33 bits per heavy atom. The van der Waals surface area contributed by atoms with E-state index < -0.39 is 0 Å². The number of aryl methyl sites for hydroxylation is 1. The minimum atomic E-state index is -0.0643. The molecule has 0 unspecified atom stereocenters. The van der Waals surface area contributed by atoms with Crippen LogP contribution in [0.4, 0.5) is 0 Å². The highest BCUT2D eigenvalue weighted by molar-refractivity contribution is 7.16. The third-order valence-corrected chi connectivity index (χ3v) is 6.06. The molecule has 0 radical (unpaired) electrons. The molecule has 3 heterocycles. The molecule has 1 aliphatic heterocycles. The van der Waals surface area contributed by atoms with E-state index in [-0.39, 0.29) is 11.8 Å². The molecule has 0 spiro atoms. The lowest BCUT2D eigenvalue weighted by Gasteiger charge is -2.33. The topological polar surface area (TPSA) is 46.1 Å². The summed E-state index contributed by atoms with van der Waals surface area (Å²) in [6.45, 7) is 6.68. The summed E-state index contributed by atoms with van der Waals surface area (Å²) in [6, 6.07) is 12.2. The van der Waals surface area contributed by atoms with Crippen molar-refractivity contribution in [1.29, 1.82) is 0 Å². The zero-order valence-electron chi connectivity index (χ0n) is 14.9. The first-order valence-corrected chi connectivity index (χ1v) is 9.84. The minimum Gasteiger partial charge on any atom is -0.333 e. The van der Waals surface area contributed by atoms with Gasteiger partial charge in [0.1, 0.15) is 5.82 Å². The maximum absolute atomic E-state index is 12.3. The van der Waals surface area contributed by atoms with Crippen LogP contribution in [0.25, 0.3) is 11.3 Å². The Morgan fingerprint density at radius 2 is 2.15 bits per heavy atom. The molecule has 4 rings (SSSR count). The van der Waals surface area contributed by atoms with Crippen molar-refractivity contribution in [3.63, 3.8) is 0 Å². The number of thiophene rings is 1. The van der Waals surface area contributed by atoms with Crippen LogP contribution in [0, 0.1) is 6.92 Å². The van der Waals surface area contributed by atoms with Gasteiger partial charge in [0.25, 0.3) is 0 Å². The van der Waals surface area contributed by atoms with Gasteiger partial charge in [0, 0.05) is 29.1 Å². The molecule has 0 N–H and O–H groups in total. The van der Waals surface area contributed by atoms with Gasteiger partial charge >= 0.3 is 0 Å². The summed E-state index contributed by atoms with van der Waals surface area (Å²) >= 11 is 7.85. The lowest BCUT2D eigenvalue weighted by Crippen LogP contribution is -2.37. The molecule has 0 saturated heterocycles. The summed E-state index contributed by atoms with van der Waals surface area (Å²) in [5.74, 6) is 0.701. The van der Waals surface area contributed by atoms with E-state index in [2.05, 4.69) is 28.7 Å². The molecular weight excluding hydrogens is 378 g/mol. The fourth-order valence-corrected chi connectivity index (χ4v) is 4.94. The summed E-state index contributed by atoms with van der Waals surface area (Å²) in [5.41, 5.74) is 4.26. The molecule has 1 amide bonds. The van der Waals surface area contributed by atoms with Crippen molar-refractivity contribution in [3.05, 3.63) is 81.4 Å².